The Balaban J connectivity index is 0.000000289. The van der Waals surface area contributed by atoms with Gasteiger partial charge in [-0.3, -0.25) is 0 Å². The standard InChI is InChI=1S/C16H32.C11H22/c1-6-13(4)9-15-7-8-16(11-15)10-14(5)12(2)3;1-9(2)8-10(3)11-6-4-5-7-11/h12-16H,6-11H2,1-5H3;9-11H,4-8H2,1-3H3. The van der Waals surface area contributed by atoms with Gasteiger partial charge in [-0.05, 0) is 73.0 Å². The summed E-state index contributed by atoms with van der Waals surface area (Å²) in [6.45, 7) is 19.0. The van der Waals surface area contributed by atoms with Crippen molar-refractivity contribution in [1.82, 2.24) is 0 Å². The molecular weight excluding hydrogens is 324 g/mol. The number of hydrogen-bond donors (Lipinski definition) is 0. The number of rotatable bonds is 9. The van der Waals surface area contributed by atoms with Gasteiger partial charge in [0, 0.05) is 0 Å². The van der Waals surface area contributed by atoms with Gasteiger partial charge in [-0.1, -0.05) is 100 Å². The minimum Gasteiger partial charge on any atom is -0.0651 e. The van der Waals surface area contributed by atoms with E-state index in [1.54, 1.807) is 0 Å². The van der Waals surface area contributed by atoms with Gasteiger partial charge in [0.2, 0.25) is 0 Å². The first kappa shape index (κ1) is 25.0. The fraction of sp³-hybridized carbons (Fsp3) is 1.00. The van der Waals surface area contributed by atoms with Crippen molar-refractivity contribution in [2.75, 3.05) is 0 Å². The van der Waals surface area contributed by atoms with Gasteiger partial charge in [0.05, 0.1) is 0 Å². The van der Waals surface area contributed by atoms with E-state index in [2.05, 4.69) is 55.4 Å². The lowest BCUT2D eigenvalue weighted by molar-refractivity contribution is 0.307. The van der Waals surface area contributed by atoms with Crippen molar-refractivity contribution in [3.05, 3.63) is 0 Å². The van der Waals surface area contributed by atoms with Gasteiger partial charge in [0.1, 0.15) is 0 Å². The van der Waals surface area contributed by atoms with Gasteiger partial charge < -0.3 is 0 Å². The predicted octanol–water partition coefficient (Wildman–Crippen LogP) is 9.38. The molecular formula is C27H54. The Morgan fingerprint density at radius 2 is 1.30 bits per heavy atom. The molecule has 162 valence electrons. The molecule has 27 heavy (non-hydrogen) atoms. The quantitative estimate of drug-likeness (QED) is 0.375. The van der Waals surface area contributed by atoms with E-state index in [9.17, 15) is 0 Å². The van der Waals surface area contributed by atoms with E-state index in [4.69, 9.17) is 0 Å². The maximum Gasteiger partial charge on any atom is -0.0388 e. The van der Waals surface area contributed by atoms with Gasteiger partial charge in [-0.25, -0.2) is 0 Å². The molecule has 2 rings (SSSR count). The lowest BCUT2D eigenvalue weighted by Crippen LogP contribution is -2.10. The Bertz CT molecular complexity index is 349. The SMILES string of the molecule is CC(C)CC(C)C1CCCC1.CCC(C)CC1CCC(CC(C)C(C)C)C1. The third-order valence-electron chi connectivity index (χ3n) is 7.97. The Morgan fingerprint density at radius 3 is 1.78 bits per heavy atom. The van der Waals surface area contributed by atoms with Crippen LogP contribution in [0.5, 0.6) is 0 Å². The van der Waals surface area contributed by atoms with E-state index >= 15 is 0 Å². The average molecular weight is 379 g/mol. The molecule has 0 heteroatoms. The van der Waals surface area contributed by atoms with Gasteiger partial charge >= 0.3 is 0 Å². The third kappa shape index (κ3) is 10.4. The zero-order valence-corrected chi connectivity index (χ0v) is 20.4. The number of hydrogen-bond acceptors (Lipinski definition) is 0. The minimum absolute atomic E-state index is 0.869. The smallest absolute Gasteiger partial charge is 0.0388 e. The van der Waals surface area contributed by atoms with Crippen LogP contribution in [0.25, 0.3) is 0 Å². The van der Waals surface area contributed by atoms with Crippen molar-refractivity contribution in [2.24, 2.45) is 47.3 Å². The first-order chi connectivity index (χ1) is 12.7. The molecule has 0 aromatic rings. The van der Waals surface area contributed by atoms with Crippen LogP contribution in [0.1, 0.15) is 126 Å². The lowest BCUT2D eigenvalue weighted by Gasteiger charge is -2.20. The van der Waals surface area contributed by atoms with Crippen LogP contribution in [-0.4, -0.2) is 0 Å². The average Bonchev–Trinajstić information content (AvgIpc) is 3.26. The second-order valence-electron chi connectivity index (χ2n) is 11.4. The van der Waals surface area contributed by atoms with Gasteiger partial charge in [-0.2, -0.15) is 0 Å². The monoisotopic (exact) mass is 378 g/mol. The van der Waals surface area contributed by atoms with Gasteiger partial charge in [0.25, 0.3) is 0 Å². The van der Waals surface area contributed by atoms with Crippen molar-refractivity contribution < 1.29 is 0 Å². The summed E-state index contributed by atoms with van der Waals surface area (Å²) in [4.78, 5) is 0. The van der Waals surface area contributed by atoms with E-state index in [0.29, 0.717) is 0 Å². The highest BCUT2D eigenvalue weighted by molar-refractivity contribution is 4.78. The first-order valence-electron chi connectivity index (χ1n) is 12.7. The Labute approximate surface area is 173 Å². The van der Waals surface area contributed by atoms with Gasteiger partial charge in [-0.15, -0.1) is 0 Å². The molecule has 0 aromatic heterocycles. The molecule has 0 saturated heterocycles. The highest BCUT2D eigenvalue weighted by atomic mass is 14.3. The van der Waals surface area contributed by atoms with Crippen LogP contribution in [0.4, 0.5) is 0 Å². The molecule has 0 nitrogen and oxygen atoms in total. The largest absolute Gasteiger partial charge is 0.0651 e. The highest BCUT2D eigenvalue weighted by Crippen LogP contribution is 2.39. The maximum atomic E-state index is 2.44. The molecule has 2 fully saturated rings. The summed E-state index contributed by atoms with van der Waals surface area (Å²) in [6, 6.07) is 0. The molecule has 2 aliphatic rings. The molecule has 0 bridgehead atoms. The fourth-order valence-electron chi connectivity index (χ4n) is 5.60. The lowest BCUT2D eigenvalue weighted by atomic mass is 9.86. The summed E-state index contributed by atoms with van der Waals surface area (Å²) in [6.07, 6.45) is 16.3. The summed E-state index contributed by atoms with van der Waals surface area (Å²) in [5, 5.41) is 0. The van der Waals surface area contributed by atoms with Crippen molar-refractivity contribution >= 4 is 0 Å². The predicted molar refractivity (Wildman–Crippen MR) is 124 cm³/mol. The first-order valence-corrected chi connectivity index (χ1v) is 12.7. The molecule has 0 aliphatic heterocycles. The zero-order valence-electron chi connectivity index (χ0n) is 20.4. The van der Waals surface area contributed by atoms with E-state index in [1.165, 1.54) is 70.6 Å². The summed E-state index contributed by atoms with van der Waals surface area (Å²) in [7, 11) is 0. The summed E-state index contributed by atoms with van der Waals surface area (Å²) >= 11 is 0. The molecule has 5 atom stereocenters. The highest BCUT2D eigenvalue weighted by Gasteiger charge is 2.27. The molecule has 0 spiro atoms. The third-order valence-corrected chi connectivity index (χ3v) is 7.97. The maximum absolute atomic E-state index is 2.44. The summed E-state index contributed by atoms with van der Waals surface area (Å²) < 4.78 is 0. The fourth-order valence-corrected chi connectivity index (χ4v) is 5.60. The van der Waals surface area contributed by atoms with Crippen molar-refractivity contribution in [3.63, 3.8) is 0 Å². The second-order valence-corrected chi connectivity index (χ2v) is 11.4. The molecule has 0 heterocycles. The van der Waals surface area contributed by atoms with Crippen molar-refractivity contribution in [3.8, 4) is 0 Å². The molecule has 0 amide bonds. The molecule has 5 unspecified atom stereocenters. The van der Waals surface area contributed by atoms with Crippen LogP contribution in [0, 0.1) is 47.3 Å². The Kier molecular flexibility index (Phi) is 12.3. The van der Waals surface area contributed by atoms with Crippen LogP contribution in [0.2, 0.25) is 0 Å². The summed E-state index contributed by atoms with van der Waals surface area (Å²) in [5.41, 5.74) is 0. The minimum atomic E-state index is 0.869. The van der Waals surface area contributed by atoms with E-state index in [-0.39, 0.29) is 0 Å². The van der Waals surface area contributed by atoms with Gasteiger partial charge in [0.15, 0.2) is 0 Å². The molecule has 2 aliphatic carbocycles. The summed E-state index contributed by atoms with van der Waals surface area (Å²) in [5.74, 6) is 7.79. The molecule has 0 radical (unpaired) electrons. The van der Waals surface area contributed by atoms with E-state index in [1.807, 2.05) is 0 Å². The van der Waals surface area contributed by atoms with Crippen molar-refractivity contribution in [1.29, 1.82) is 0 Å². The van der Waals surface area contributed by atoms with E-state index in [0.717, 1.165) is 47.3 Å². The Hall–Kier alpha value is 0. The Morgan fingerprint density at radius 1 is 0.741 bits per heavy atom. The van der Waals surface area contributed by atoms with Crippen LogP contribution in [0.3, 0.4) is 0 Å². The molecule has 0 aromatic carbocycles. The van der Waals surface area contributed by atoms with Crippen LogP contribution in [0.15, 0.2) is 0 Å². The zero-order chi connectivity index (χ0) is 20.4. The van der Waals surface area contributed by atoms with E-state index < -0.39 is 0 Å². The van der Waals surface area contributed by atoms with Crippen LogP contribution >= 0.6 is 0 Å². The van der Waals surface area contributed by atoms with Crippen LogP contribution in [-0.2, 0) is 0 Å². The topological polar surface area (TPSA) is 0 Å². The molecule has 0 N–H and O–H groups in total. The van der Waals surface area contributed by atoms with Crippen molar-refractivity contribution in [2.45, 2.75) is 126 Å². The van der Waals surface area contributed by atoms with Crippen LogP contribution < -0.4 is 0 Å². The second kappa shape index (κ2) is 13.3. The normalized spacial score (nSPS) is 26.9. The molecule has 2 saturated carbocycles.